The lowest BCUT2D eigenvalue weighted by molar-refractivity contribution is 0.802. The molecule has 0 saturated carbocycles. The largest absolute Gasteiger partial charge is 0.277 e. The van der Waals surface area contributed by atoms with E-state index in [9.17, 15) is 0 Å². The molecular weight excluding hydrogens is 152 g/mol. The van der Waals surface area contributed by atoms with Gasteiger partial charge in [-0.25, -0.2) is 4.98 Å². The van der Waals surface area contributed by atoms with Crippen molar-refractivity contribution in [2.24, 2.45) is 0 Å². The zero-order valence-corrected chi connectivity index (χ0v) is 6.38. The Morgan fingerprint density at radius 1 is 1.17 bits per heavy atom. The van der Waals surface area contributed by atoms with Crippen LogP contribution in [-0.4, -0.2) is 14.9 Å². The lowest BCUT2D eigenvalue weighted by atomic mass is 10.3. The molecule has 1 heterocycles. The fraction of sp³-hybridized carbons (Fsp3) is 0. The van der Waals surface area contributed by atoms with Crippen molar-refractivity contribution in [2.75, 3.05) is 5.43 Å². The van der Waals surface area contributed by atoms with Crippen molar-refractivity contribution in [3.05, 3.63) is 43.0 Å². The fourth-order valence-corrected chi connectivity index (χ4v) is 0.911. The second kappa shape index (κ2) is 3.04. The van der Waals surface area contributed by atoms with Crippen LogP contribution >= 0.6 is 0 Å². The van der Waals surface area contributed by atoms with Gasteiger partial charge in [0.2, 0.25) is 0 Å². The molecule has 0 unspecified atom stereocenters. The van der Waals surface area contributed by atoms with Crippen LogP contribution in [0.5, 0.6) is 0 Å². The summed E-state index contributed by atoms with van der Waals surface area (Å²) in [5, 5.41) is 3.91. The minimum atomic E-state index is 0.989. The maximum absolute atomic E-state index is 3.91. The molecule has 2 rings (SSSR count). The molecule has 60 valence electrons. The fourth-order valence-electron chi connectivity index (χ4n) is 0.911. The summed E-state index contributed by atoms with van der Waals surface area (Å²) >= 11 is 0. The van der Waals surface area contributed by atoms with Crippen molar-refractivity contribution in [3.8, 4) is 0 Å². The third-order valence-electron chi connectivity index (χ3n) is 1.44. The lowest BCUT2D eigenvalue weighted by Crippen LogP contribution is -2.08. The van der Waals surface area contributed by atoms with Gasteiger partial charge < -0.3 is 0 Å². The van der Waals surface area contributed by atoms with Crippen LogP contribution in [0.4, 0.5) is 5.69 Å². The van der Waals surface area contributed by atoms with Crippen molar-refractivity contribution in [1.29, 1.82) is 0 Å². The number of benzene rings is 1. The number of para-hydroxylation sites is 1. The van der Waals surface area contributed by atoms with Crippen LogP contribution in [0.2, 0.25) is 0 Å². The molecule has 0 radical (unpaired) electrons. The predicted octanol–water partition coefficient (Wildman–Crippen LogP) is 1.15. The Hall–Kier alpha value is -1.84. The third-order valence-corrected chi connectivity index (χ3v) is 1.44. The molecule has 0 saturated heterocycles. The molecule has 0 amide bonds. The highest BCUT2D eigenvalue weighted by Crippen LogP contribution is 2.03. The van der Waals surface area contributed by atoms with Crippen LogP contribution in [0.3, 0.4) is 0 Å². The number of aromatic nitrogens is 3. The molecule has 12 heavy (non-hydrogen) atoms. The van der Waals surface area contributed by atoms with Gasteiger partial charge in [0.25, 0.3) is 0 Å². The third kappa shape index (κ3) is 1.42. The normalized spacial score (nSPS) is 9.67. The number of rotatable bonds is 2. The van der Waals surface area contributed by atoms with E-state index >= 15 is 0 Å². The molecule has 0 bridgehead atoms. The van der Waals surface area contributed by atoms with Gasteiger partial charge in [-0.1, -0.05) is 18.2 Å². The summed E-state index contributed by atoms with van der Waals surface area (Å²) in [6, 6.07) is 9.80. The SMILES string of the molecule is c1ccc(Nn2cncn2)cc1. The van der Waals surface area contributed by atoms with Gasteiger partial charge >= 0.3 is 0 Å². The Kier molecular flexibility index (Phi) is 1.74. The first-order valence-electron chi connectivity index (χ1n) is 3.62. The van der Waals surface area contributed by atoms with Gasteiger partial charge in [-0.05, 0) is 12.1 Å². The van der Waals surface area contributed by atoms with Gasteiger partial charge in [0.15, 0.2) is 0 Å². The highest BCUT2D eigenvalue weighted by Gasteiger charge is 1.89. The molecule has 0 fully saturated rings. The van der Waals surface area contributed by atoms with Crippen molar-refractivity contribution in [2.45, 2.75) is 0 Å². The maximum atomic E-state index is 3.91. The molecule has 1 aromatic heterocycles. The van der Waals surface area contributed by atoms with Crippen LogP contribution in [0.1, 0.15) is 0 Å². The average molecular weight is 160 g/mol. The van der Waals surface area contributed by atoms with Crippen molar-refractivity contribution in [3.63, 3.8) is 0 Å². The van der Waals surface area contributed by atoms with Crippen LogP contribution in [0.15, 0.2) is 43.0 Å². The van der Waals surface area contributed by atoms with Crippen molar-refractivity contribution < 1.29 is 0 Å². The molecule has 2 aromatic rings. The van der Waals surface area contributed by atoms with E-state index in [0.717, 1.165) is 5.69 Å². The van der Waals surface area contributed by atoms with Crippen molar-refractivity contribution >= 4 is 5.69 Å². The zero-order valence-electron chi connectivity index (χ0n) is 6.38. The monoisotopic (exact) mass is 160 g/mol. The Bertz CT molecular complexity index is 327. The van der Waals surface area contributed by atoms with E-state index in [-0.39, 0.29) is 0 Å². The second-order valence-electron chi connectivity index (χ2n) is 2.32. The molecule has 4 heteroatoms. The number of anilines is 1. The molecule has 0 aliphatic heterocycles. The second-order valence-corrected chi connectivity index (χ2v) is 2.32. The molecule has 0 spiro atoms. The first-order chi connectivity index (χ1) is 5.95. The van der Waals surface area contributed by atoms with E-state index in [1.807, 2.05) is 30.3 Å². The molecule has 4 nitrogen and oxygen atoms in total. The maximum Gasteiger partial charge on any atom is 0.139 e. The molecule has 1 aromatic carbocycles. The minimum absolute atomic E-state index is 0.989. The van der Waals surface area contributed by atoms with E-state index in [1.165, 1.54) is 6.33 Å². The first kappa shape index (κ1) is 6.84. The van der Waals surface area contributed by atoms with Gasteiger partial charge in [0, 0.05) is 0 Å². The van der Waals surface area contributed by atoms with Gasteiger partial charge in [-0.3, -0.25) is 5.43 Å². The summed E-state index contributed by atoms with van der Waals surface area (Å²) in [5.41, 5.74) is 4.02. The number of nitrogens with zero attached hydrogens (tertiary/aromatic N) is 3. The Balaban J connectivity index is 2.15. The average Bonchev–Trinajstić information content (AvgIpc) is 2.59. The van der Waals surface area contributed by atoms with Crippen LogP contribution in [0.25, 0.3) is 0 Å². The Morgan fingerprint density at radius 3 is 2.67 bits per heavy atom. The topological polar surface area (TPSA) is 42.7 Å². The molecular formula is C8H8N4. The van der Waals surface area contributed by atoms with E-state index in [2.05, 4.69) is 15.5 Å². The standard InChI is InChI=1S/C8H8N4/c1-2-4-8(5-3-1)11-12-7-9-6-10-12/h1-7,11H. The molecule has 0 aliphatic rings. The number of hydrogen-bond acceptors (Lipinski definition) is 3. The van der Waals surface area contributed by atoms with Gasteiger partial charge in [-0.2, -0.15) is 4.79 Å². The summed E-state index contributed by atoms with van der Waals surface area (Å²) in [5.74, 6) is 0. The number of hydrogen-bond donors (Lipinski definition) is 1. The first-order valence-corrected chi connectivity index (χ1v) is 3.62. The Labute approximate surface area is 69.8 Å². The summed E-state index contributed by atoms with van der Waals surface area (Å²) in [4.78, 5) is 5.36. The molecule has 0 atom stereocenters. The summed E-state index contributed by atoms with van der Waals surface area (Å²) < 4.78 is 0. The van der Waals surface area contributed by atoms with Gasteiger partial charge in [0.1, 0.15) is 12.7 Å². The van der Waals surface area contributed by atoms with E-state index < -0.39 is 0 Å². The number of nitrogens with one attached hydrogen (secondary N) is 1. The van der Waals surface area contributed by atoms with Gasteiger partial charge in [0.05, 0.1) is 5.69 Å². The summed E-state index contributed by atoms with van der Waals surface area (Å²) in [6.07, 6.45) is 3.09. The van der Waals surface area contributed by atoms with Gasteiger partial charge in [-0.15, -0.1) is 5.10 Å². The smallest absolute Gasteiger partial charge is 0.139 e. The van der Waals surface area contributed by atoms with E-state index in [4.69, 9.17) is 0 Å². The molecule has 0 aliphatic carbocycles. The van der Waals surface area contributed by atoms with Crippen LogP contribution < -0.4 is 5.43 Å². The van der Waals surface area contributed by atoms with Crippen molar-refractivity contribution in [1.82, 2.24) is 14.9 Å². The quantitative estimate of drug-likeness (QED) is 0.716. The van der Waals surface area contributed by atoms with E-state index in [1.54, 1.807) is 11.1 Å². The highest BCUT2D eigenvalue weighted by molar-refractivity contribution is 5.41. The van der Waals surface area contributed by atoms with Crippen LogP contribution in [-0.2, 0) is 0 Å². The van der Waals surface area contributed by atoms with E-state index in [0.29, 0.717) is 0 Å². The lowest BCUT2D eigenvalue weighted by Gasteiger charge is -2.02. The molecule has 1 N–H and O–H groups in total. The Morgan fingerprint density at radius 2 is 2.00 bits per heavy atom. The van der Waals surface area contributed by atoms with Crippen LogP contribution in [0, 0.1) is 0 Å². The highest BCUT2D eigenvalue weighted by atomic mass is 15.6. The summed E-state index contributed by atoms with van der Waals surface area (Å²) in [7, 11) is 0. The zero-order chi connectivity index (χ0) is 8.23. The summed E-state index contributed by atoms with van der Waals surface area (Å²) in [6.45, 7) is 0. The predicted molar refractivity (Wildman–Crippen MR) is 45.5 cm³/mol. The minimum Gasteiger partial charge on any atom is -0.277 e.